The second-order valence-corrected chi connectivity index (χ2v) is 8.17. The quantitative estimate of drug-likeness (QED) is 0.540. The Morgan fingerprint density at radius 1 is 1.08 bits per heavy atom. The number of aromatic hydroxyl groups is 1. The van der Waals surface area contributed by atoms with Crippen molar-refractivity contribution in [3.8, 4) is 11.5 Å². The molecule has 2 rings (SSSR count). The number of allylic oxidation sites excluding steroid dienone is 6. The lowest BCUT2D eigenvalue weighted by Gasteiger charge is -2.35. The highest BCUT2D eigenvalue weighted by Gasteiger charge is 2.30. The van der Waals surface area contributed by atoms with E-state index in [0.717, 1.165) is 49.8 Å². The van der Waals surface area contributed by atoms with Crippen LogP contribution in [-0.2, 0) is 6.42 Å². The van der Waals surface area contributed by atoms with Crippen LogP contribution in [-0.4, -0.2) is 10.7 Å². The Hall–Kier alpha value is -1.96. The van der Waals surface area contributed by atoms with E-state index in [1.54, 1.807) is 6.07 Å². The van der Waals surface area contributed by atoms with Crippen LogP contribution in [0.5, 0.6) is 11.5 Å². The van der Waals surface area contributed by atoms with Crippen molar-refractivity contribution in [1.82, 2.24) is 0 Å². The third-order valence-corrected chi connectivity index (χ3v) is 5.09. The molecule has 1 aliphatic rings. The predicted octanol–water partition coefficient (Wildman–Crippen LogP) is 6.90. The number of benzene rings is 1. The van der Waals surface area contributed by atoms with Gasteiger partial charge in [0.05, 0.1) is 0 Å². The van der Waals surface area contributed by atoms with Crippen LogP contribution in [0.4, 0.5) is 0 Å². The Bertz CT molecular complexity index is 705. The molecule has 1 aliphatic heterocycles. The lowest BCUT2D eigenvalue weighted by molar-refractivity contribution is 0.0570. The van der Waals surface area contributed by atoms with Crippen molar-refractivity contribution < 1.29 is 9.84 Å². The normalized spacial score (nSPS) is 20.3. The number of fused-ring (bicyclic) bond motifs is 1. The fraction of sp³-hybridized carbons (Fsp3) is 0.500. The Labute approximate surface area is 159 Å². The van der Waals surface area contributed by atoms with Gasteiger partial charge in [0.15, 0.2) is 0 Å². The zero-order valence-electron chi connectivity index (χ0n) is 17.1. The van der Waals surface area contributed by atoms with Gasteiger partial charge in [-0.25, -0.2) is 0 Å². The van der Waals surface area contributed by atoms with E-state index >= 15 is 0 Å². The number of aryl methyl sites for hydroxylation is 1. The number of rotatable bonds is 7. The molecule has 0 saturated heterocycles. The Balaban J connectivity index is 1.84. The zero-order valence-corrected chi connectivity index (χ0v) is 17.1. The Kier molecular flexibility index (Phi) is 7.14. The molecule has 2 nitrogen and oxygen atoms in total. The maximum atomic E-state index is 9.60. The van der Waals surface area contributed by atoms with Crippen LogP contribution in [0, 0.1) is 0 Å². The molecule has 0 aliphatic carbocycles. The largest absolute Gasteiger partial charge is 0.508 e. The van der Waals surface area contributed by atoms with Gasteiger partial charge in [-0.05, 0) is 96.9 Å². The lowest BCUT2D eigenvalue weighted by Crippen LogP contribution is -2.36. The van der Waals surface area contributed by atoms with Crippen molar-refractivity contribution in [2.24, 2.45) is 0 Å². The van der Waals surface area contributed by atoms with Crippen LogP contribution >= 0.6 is 0 Å². The van der Waals surface area contributed by atoms with Crippen molar-refractivity contribution in [2.75, 3.05) is 0 Å². The molecule has 0 aromatic heterocycles. The molecule has 1 aromatic rings. The fourth-order valence-electron chi connectivity index (χ4n) is 3.24. The van der Waals surface area contributed by atoms with E-state index in [4.69, 9.17) is 4.74 Å². The van der Waals surface area contributed by atoms with Gasteiger partial charge in [-0.15, -0.1) is 0 Å². The van der Waals surface area contributed by atoms with Gasteiger partial charge in [-0.1, -0.05) is 34.9 Å². The minimum atomic E-state index is -0.115. The van der Waals surface area contributed by atoms with Crippen LogP contribution < -0.4 is 4.74 Å². The fourth-order valence-corrected chi connectivity index (χ4v) is 3.24. The summed E-state index contributed by atoms with van der Waals surface area (Å²) < 4.78 is 6.25. The molecular weight excluding hydrogens is 320 g/mol. The molecule has 1 atom stereocenters. The van der Waals surface area contributed by atoms with E-state index in [2.05, 4.69) is 52.8 Å². The van der Waals surface area contributed by atoms with Gasteiger partial charge < -0.3 is 9.84 Å². The van der Waals surface area contributed by atoms with Crippen molar-refractivity contribution in [2.45, 2.75) is 78.7 Å². The molecule has 1 N–H and O–H groups in total. The van der Waals surface area contributed by atoms with E-state index in [0.29, 0.717) is 5.75 Å². The molecule has 0 bridgehead atoms. The highest BCUT2D eigenvalue weighted by atomic mass is 16.5. The smallest absolute Gasteiger partial charge is 0.123 e. The molecule has 0 spiro atoms. The summed E-state index contributed by atoms with van der Waals surface area (Å²) in [5.74, 6) is 1.25. The number of phenols is 1. The van der Waals surface area contributed by atoms with Gasteiger partial charge in [-0.2, -0.15) is 0 Å². The topological polar surface area (TPSA) is 29.5 Å². The maximum absolute atomic E-state index is 9.60. The number of hydrogen-bond acceptors (Lipinski definition) is 2. The second-order valence-electron chi connectivity index (χ2n) is 8.17. The van der Waals surface area contributed by atoms with Gasteiger partial charge >= 0.3 is 0 Å². The minimum Gasteiger partial charge on any atom is -0.508 e. The number of ether oxygens (including phenoxy) is 1. The summed E-state index contributed by atoms with van der Waals surface area (Å²) in [5, 5.41) is 9.60. The van der Waals surface area contributed by atoms with E-state index in [9.17, 15) is 5.11 Å². The van der Waals surface area contributed by atoms with Gasteiger partial charge in [0.2, 0.25) is 0 Å². The molecule has 26 heavy (non-hydrogen) atoms. The minimum absolute atomic E-state index is 0.115. The summed E-state index contributed by atoms with van der Waals surface area (Å²) >= 11 is 0. The van der Waals surface area contributed by atoms with Crippen molar-refractivity contribution in [3.05, 3.63) is 58.7 Å². The first-order valence-electron chi connectivity index (χ1n) is 9.73. The summed E-state index contributed by atoms with van der Waals surface area (Å²) in [6.45, 7) is 10.9. The number of hydrogen-bond donors (Lipinski definition) is 1. The molecule has 142 valence electrons. The summed E-state index contributed by atoms with van der Waals surface area (Å²) in [6.07, 6.45) is 13.1. The highest BCUT2D eigenvalue weighted by Crippen LogP contribution is 2.37. The predicted molar refractivity (Wildman–Crippen MR) is 111 cm³/mol. The zero-order chi connectivity index (χ0) is 19.2. The van der Waals surface area contributed by atoms with E-state index < -0.39 is 0 Å². The summed E-state index contributed by atoms with van der Waals surface area (Å²) in [7, 11) is 0. The van der Waals surface area contributed by atoms with Gasteiger partial charge in [0, 0.05) is 0 Å². The van der Waals surface area contributed by atoms with Crippen molar-refractivity contribution in [1.29, 1.82) is 0 Å². The molecule has 0 radical (unpaired) electrons. The molecule has 2 heteroatoms. The SMILES string of the molecule is CC(C)=CCC(C)=CCC(C)=CCCC1(C)CCc2cc(O)ccc2O1. The van der Waals surface area contributed by atoms with Crippen LogP contribution in [0.3, 0.4) is 0 Å². The first-order chi connectivity index (χ1) is 12.3. The van der Waals surface area contributed by atoms with E-state index in [1.807, 2.05) is 12.1 Å². The monoisotopic (exact) mass is 354 g/mol. The lowest BCUT2D eigenvalue weighted by atomic mass is 9.88. The van der Waals surface area contributed by atoms with Gasteiger partial charge in [0.1, 0.15) is 17.1 Å². The first-order valence-corrected chi connectivity index (χ1v) is 9.73. The van der Waals surface area contributed by atoms with E-state index in [-0.39, 0.29) is 5.60 Å². The van der Waals surface area contributed by atoms with Crippen LogP contribution in [0.25, 0.3) is 0 Å². The van der Waals surface area contributed by atoms with Gasteiger partial charge in [0.25, 0.3) is 0 Å². The molecule has 0 fully saturated rings. The van der Waals surface area contributed by atoms with Crippen molar-refractivity contribution >= 4 is 0 Å². The third-order valence-electron chi connectivity index (χ3n) is 5.09. The third kappa shape index (κ3) is 6.40. The summed E-state index contributed by atoms with van der Waals surface area (Å²) in [6, 6.07) is 5.42. The van der Waals surface area contributed by atoms with Crippen LogP contribution in [0.15, 0.2) is 53.1 Å². The molecule has 0 saturated carbocycles. The summed E-state index contributed by atoms with van der Waals surface area (Å²) in [4.78, 5) is 0. The molecule has 1 heterocycles. The van der Waals surface area contributed by atoms with Gasteiger partial charge in [-0.3, -0.25) is 0 Å². The molecule has 1 aromatic carbocycles. The Morgan fingerprint density at radius 3 is 2.50 bits per heavy atom. The molecule has 0 amide bonds. The molecule has 1 unspecified atom stereocenters. The highest BCUT2D eigenvalue weighted by molar-refractivity contribution is 5.41. The molecular formula is C24H34O2. The van der Waals surface area contributed by atoms with E-state index in [1.165, 1.54) is 16.7 Å². The van der Waals surface area contributed by atoms with Crippen LogP contribution in [0.2, 0.25) is 0 Å². The Morgan fingerprint density at radius 2 is 1.77 bits per heavy atom. The maximum Gasteiger partial charge on any atom is 0.123 e. The number of phenolic OH excluding ortho intramolecular Hbond substituents is 1. The standard InChI is InChI=1S/C24H34O2/c1-18(2)8-9-20(4)11-10-19(3)7-6-15-24(5)16-14-21-17-22(25)12-13-23(21)26-24/h7-8,11-13,17,25H,6,9-10,14-16H2,1-5H3. The average Bonchev–Trinajstić information content (AvgIpc) is 2.58. The van der Waals surface area contributed by atoms with Crippen LogP contribution in [0.1, 0.15) is 72.3 Å². The second kappa shape index (κ2) is 9.12. The average molecular weight is 355 g/mol. The summed E-state index contributed by atoms with van der Waals surface area (Å²) in [5.41, 5.74) is 5.23. The first kappa shape index (κ1) is 20.4. The van der Waals surface area contributed by atoms with Crippen molar-refractivity contribution in [3.63, 3.8) is 0 Å².